The van der Waals surface area contributed by atoms with Crippen LogP contribution in [0.4, 0.5) is 10.2 Å². The monoisotopic (exact) mass is 281 g/mol. The highest BCUT2D eigenvalue weighted by Gasteiger charge is 2.12. The van der Waals surface area contributed by atoms with Crippen molar-refractivity contribution < 1.29 is 4.39 Å². The van der Waals surface area contributed by atoms with E-state index in [1.165, 1.54) is 12.1 Å². The molecule has 0 unspecified atom stereocenters. The zero-order valence-electron chi connectivity index (χ0n) is 12.0. The first-order chi connectivity index (χ1) is 10.1. The molecule has 4 heteroatoms. The van der Waals surface area contributed by atoms with Crippen LogP contribution in [0, 0.1) is 19.7 Å². The molecule has 0 spiro atoms. The molecule has 0 aliphatic heterocycles. The minimum Gasteiger partial charge on any atom is -0.384 e. The summed E-state index contributed by atoms with van der Waals surface area (Å²) in [6.45, 7) is 3.88. The summed E-state index contributed by atoms with van der Waals surface area (Å²) >= 11 is 0. The van der Waals surface area contributed by atoms with Crippen molar-refractivity contribution in [2.45, 2.75) is 13.8 Å². The van der Waals surface area contributed by atoms with Gasteiger partial charge in [0.05, 0.1) is 11.4 Å². The number of anilines is 1. The summed E-state index contributed by atoms with van der Waals surface area (Å²) in [7, 11) is 0. The Morgan fingerprint density at radius 2 is 1.76 bits per heavy atom. The summed E-state index contributed by atoms with van der Waals surface area (Å²) < 4.78 is 14.9. The van der Waals surface area contributed by atoms with Crippen LogP contribution in [0.1, 0.15) is 11.1 Å². The summed E-state index contributed by atoms with van der Waals surface area (Å²) in [5.41, 5.74) is 10.6. The second-order valence-corrected chi connectivity index (χ2v) is 5.11. The number of nitrogen functional groups attached to an aromatic ring is 1. The molecule has 0 saturated heterocycles. The Balaban J connectivity index is 2.12. The highest BCUT2D eigenvalue weighted by atomic mass is 19.1. The van der Waals surface area contributed by atoms with E-state index in [0.717, 1.165) is 28.1 Å². The van der Waals surface area contributed by atoms with E-state index in [1.807, 2.05) is 44.2 Å². The average Bonchev–Trinajstić information content (AvgIpc) is 2.81. The molecule has 1 aromatic heterocycles. The van der Waals surface area contributed by atoms with Gasteiger partial charge in [0.2, 0.25) is 0 Å². The summed E-state index contributed by atoms with van der Waals surface area (Å²) in [5, 5.41) is 4.57. The topological polar surface area (TPSA) is 43.8 Å². The molecule has 0 fully saturated rings. The van der Waals surface area contributed by atoms with Gasteiger partial charge >= 0.3 is 0 Å². The van der Waals surface area contributed by atoms with Crippen molar-refractivity contribution in [3.63, 3.8) is 0 Å². The van der Waals surface area contributed by atoms with E-state index < -0.39 is 0 Å². The number of rotatable bonds is 2. The maximum absolute atomic E-state index is 13.2. The molecule has 1 heterocycles. The maximum atomic E-state index is 13.2. The van der Waals surface area contributed by atoms with Gasteiger partial charge in [-0.2, -0.15) is 5.10 Å². The van der Waals surface area contributed by atoms with E-state index in [4.69, 9.17) is 5.73 Å². The van der Waals surface area contributed by atoms with Crippen LogP contribution in [-0.4, -0.2) is 9.78 Å². The molecular weight excluding hydrogens is 265 g/mol. The molecule has 0 aliphatic rings. The SMILES string of the molecule is Cc1ccccc1-c1cc(N)n(-c2ccc(F)cc2C)n1. The normalized spacial score (nSPS) is 10.8. The number of halogens is 1. The van der Waals surface area contributed by atoms with E-state index >= 15 is 0 Å². The Morgan fingerprint density at radius 3 is 2.48 bits per heavy atom. The first kappa shape index (κ1) is 13.4. The van der Waals surface area contributed by atoms with Crippen LogP contribution in [0.25, 0.3) is 16.9 Å². The number of aromatic nitrogens is 2. The lowest BCUT2D eigenvalue weighted by molar-refractivity contribution is 0.625. The van der Waals surface area contributed by atoms with E-state index in [1.54, 1.807) is 10.7 Å². The van der Waals surface area contributed by atoms with Crippen molar-refractivity contribution in [2.75, 3.05) is 5.73 Å². The fourth-order valence-electron chi connectivity index (χ4n) is 2.44. The zero-order valence-corrected chi connectivity index (χ0v) is 12.0. The molecule has 0 bridgehead atoms. The molecule has 0 amide bonds. The number of benzene rings is 2. The third kappa shape index (κ3) is 2.40. The Bertz CT molecular complexity index is 806. The van der Waals surface area contributed by atoms with E-state index in [2.05, 4.69) is 5.10 Å². The van der Waals surface area contributed by atoms with Crippen molar-refractivity contribution in [2.24, 2.45) is 0 Å². The second-order valence-electron chi connectivity index (χ2n) is 5.11. The third-order valence-corrected chi connectivity index (χ3v) is 3.54. The van der Waals surface area contributed by atoms with Gasteiger partial charge in [0.25, 0.3) is 0 Å². The lowest BCUT2D eigenvalue weighted by Gasteiger charge is -2.07. The van der Waals surface area contributed by atoms with E-state index in [-0.39, 0.29) is 5.82 Å². The summed E-state index contributed by atoms with van der Waals surface area (Å²) in [6, 6.07) is 14.4. The number of nitrogens with zero attached hydrogens (tertiary/aromatic N) is 2. The van der Waals surface area contributed by atoms with Gasteiger partial charge in [-0.1, -0.05) is 24.3 Å². The molecule has 21 heavy (non-hydrogen) atoms. The fraction of sp³-hybridized carbons (Fsp3) is 0.118. The predicted molar refractivity (Wildman–Crippen MR) is 82.8 cm³/mol. The Morgan fingerprint density at radius 1 is 1.00 bits per heavy atom. The Kier molecular flexibility index (Phi) is 3.22. The molecule has 3 aromatic rings. The summed E-state index contributed by atoms with van der Waals surface area (Å²) in [5.74, 6) is 0.268. The smallest absolute Gasteiger partial charge is 0.127 e. The standard InChI is InChI=1S/C17H16FN3/c1-11-5-3-4-6-14(11)15-10-17(19)21(20-15)16-8-7-13(18)9-12(16)2/h3-10H,19H2,1-2H3. The first-order valence-electron chi connectivity index (χ1n) is 6.74. The molecule has 2 aromatic carbocycles. The van der Waals surface area contributed by atoms with Crippen LogP contribution >= 0.6 is 0 Å². The fourth-order valence-corrected chi connectivity index (χ4v) is 2.44. The highest BCUT2D eigenvalue weighted by molar-refractivity contribution is 5.67. The van der Waals surface area contributed by atoms with Crippen LogP contribution in [0.2, 0.25) is 0 Å². The number of hydrogen-bond donors (Lipinski definition) is 1. The highest BCUT2D eigenvalue weighted by Crippen LogP contribution is 2.26. The van der Waals surface area contributed by atoms with Gasteiger partial charge in [0, 0.05) is 11.6 Å². The average molecular weight is 281 g/mol. The number of hydrogen-bond acceptors (Lipinski definition) is 2. The van der Waals surface area contributed by atoms with Crippen molar-refractivity contribution in [3.05, 3.63) is 65.5 Å². The van der Waals surface area contributed by atoms with Gasteiger partial charge in [-0.3, -0.25) is 0 Å². The Labute approximate surface area is 122 Å². The van der Waals surface area contributed by atoms with Crippen LogP contribution in [0.3, 0.4) is 0 Å². The molecule has 3 rings (SSSR count). The van der Waals surface area contributed by atoms with Gasteiger partial charge in [-0.25, -0.2) is 9.07 Å². The van der Waals surface area contributed by atoms with Crippen molar-refractivity contribution in [1.29, 1.82) is 0 Å². The lowest BCUT2D eigenvalue weighted by atomic mass is 10.1. The van der Waals surface area contributed by atoms with Crippen LogP contribution in [0.5, 0.6) is 0 Å². The third-order valence-electron chi connectivity index (χ3n) is 3.54. The molecule has 3 nitrogen and oxygen atoms in total. The number of aryl methyl sites for hydroxylation is 2. The van der Waals surface area contributed by atoms with Gasteiger partial charge in [-0.15, -0.1) is 0 Å². The minimum atomic E-state index is -0.263. The van der Waals surface area contributed by atoms with Crippen LogP contribution in [0.15, 0.2) is 48.5 Å². The van der Waals surface area contributed by atoms with Gasteiger partial charge < -0.3 is 5.73 Å². The van der Waals surface area contributed by atoms with Gasteiger partial charge in [0.1, 0.15) is 11.6 Å². The predicted octanol–water partition coefficient (Wildman–Crippen LogP) is 3.88. The molecule has 106 valence electrons. The summed E-state index contributed by atoms with van der Waals surface area (Å²) in [4.78, 5) is 0. The van der Waals surface area contributed by atoms with E-state index in [9.17, 15) is 4.39 Å². The second kappa shape index (κ2) is 5.05. The van der Waals surface area contributed by atoms with Crippen molar-refractivity contribution in [1.82, 2.24) is 9.78 Å². The van der Waals surface area contributed by atoms with Gasteiger partial charge in [-0.05, 0) is 43.2 Å². The molecule has 2 N–H and O–H groups in total. The molecular formula is C17H16FN3. The van der Waals surface area contributed by atoms with Gasteiger partial charge in [0.15, 0.2) is 0 Å². The summed E-state index contributed by atoms with van der Waals surface area (Å²) in [6.07, 6.45) is 0. The van der Waals surface area contributed by atoms with Crippen LogP contribution < -0.4 is 5.73 Å². The number of nitrogens with two attached hydrogens (primary N) is 1. The van der Waals surface area contributed by atoms with Crippen molar-refractivity contribution in [3.8, 4) is 16.9 Å². The molecule has 0 radical (unpaired) electrons. The minimum absolute atomic E-state index is 0.263. The molecule has 0 atom stereocenters. The zero-order chi connectivity index (χ0) is 15.0. The lowest BCUT2D eigenvalue weighted by Crippen LogP contribution is -2.04. The quantitative estimate of drug-likeness (QED) is 0.774. The Hall–Kier alpha value is -2.62. The molecule has 0 aliphatic carbocycles. The maximum Gasteiger partial charge on any atom is 0.127 e. The largest absolute Gasteiger partial charge is 0.384 e. The molecule has 0 saturated carbocycles. The first-order valence-corrected chi connectivity index (χ1v) is 6.74. The van der Waals surface area contributed by atoms with E-state index in [0.29, 0.717) is 5.82 Å². The van der Waals surface area contributed by atoms with Crippen molar-refractivity contribution >= 4 is 5.82 Å². The van der Waals surface area contributed by atoms with Crippen LogP contribution in [-0.2, 0) is 0 Å².